The Bertz CT molecular complexity index is 2650. The molecule has 0 spiro atoms. The van der Waals surface area contributed by atoms with Crippen molar-refractivity contribution in [3.63, 3.8) is 0 Å². The van der Waals surface area contributed by atoms with Crippen molar-refractivity contribution in [1.29, 1.82) is 5.26 Å². The highest BCUT2D eigenvalue weighted by molar-refractivity contribution is 7.26. The Kier molecular flexibility index (Phi) is 6.31. The summed E-state index contributed by atoms with van der Waals surface area (Å²) in [4.78, 5) is 0. The van der Waals surface area contributed by atoms with Crippen LogP contribution in [0.3, 0.4) is 0 Å². The van der Waals surface area contributed by atoms with Crippen LogP contribution in [0.25, 0.3) is 84.9 Å². The minimum absolute atomic E-state index is 0.652. The second-order valence-electron chi connectivity index (χ2n) is 11.5. The van der Waals surface area contributed by atoms with Crippen LogP contribution in [0.15, 0.2) is 152 Å². The maximum absolute atomic E-state index is 9.98. The van der Waals surface area contributed by atoms with Crippen molar-refractivity contribution in [3.8, 4) is 50.6 Å². The molecule has 2 heterocycles. The van der Waals surface area contributed by atoms with Gasteiger partial charge in [0.25, 0.3) is 0 Å². The predicted octanol–water partition coefficient (Wildman–Crippen LogP) is 13.0. The van der Waals surface area contributed by atoms with E-state index in [1.165, 1.54) is 68.2 Å². The lowest BCUT2D eigenvalue weighted by Gasteiger charge is -2.21. The Morgan fingerprint density at radius 3 is 1.46 bits per heavy atom. The van der Waals surface area contributed by atoms with E-state index in [1.54, 1.807) is 0 Å². The van der Waals surface area contributed by atoms with E-state index >= 15 is 0 Å². The fraction of sp³-hybridized carbons (Fsp3) is 0. The van der Waals surface area contributed by atoms with E-state index in [4.69, 9.17) is 0 Å². The quantitative estimate of drug-likeness (QED) is 0.192. The molecule has 1 nitrogen and oxygen atoms in total. The molecule has 2 aromatic heterocycles. The van der Waals surface area contributed by atoms with Crippen LogP contribution in [0.2, 0.25) is 0 Å². The van der Waals surface area contributed by atoms with Gasteiger partial charge in [0.1, 0.15) is 0 Å². The van der Waals surface area contributed by atoms with Gasteiger partial charge in [0.15, 0.2) is 0 Å². The number of hydrogen-bond donors (Lipinski definition) is 0. The van der Waals surface area contributed by atoms with Crippen LogP contribution in [-0.2, 0) is 0 Å². The molecular weight excluding hydrogens is 595 g/mol. The second-order valence-corrected chi connectivity index (χ2v) is 13.6. The molecule has 7 aromatic carbocycles. The molecule has 214 valence electrons. The summed E-state index contributed by atoms with van der Waals surface area (Å²) in [6.45, 7) is 0. The summed E-state index contributed by atoms with van der Waals surface area (Å²) >= 11 is 3.71. The third-order valence-corrected chi connectivity index (χ3v) is 11.4. The van der Waals surface area contributed by atoms with Crippen LogP contribution in [0, 0.1) is 11.3 Å². The average Bonchev–Trinajstić information content (AvgIpc) is 3.70. The first-order valence-electron chi connectivity index (χ1n) is 15.3. The standard InChI is InChI=1S/C43H25NS2/c44-26-27-11-8-14-29(25-27)41-33(37-20-10-18-35-31-16-5-7-22-39(31)46-43(35)37)24-23-32(40(41)28-12-2-1-3-13-28)36-19-9-17-34-30-15-4-6-21-38(30)45-42(34)36/h1-25H. The summed E-state index contributed by atoms with van der Waals surface area (Å²) in [7, 11) is 0. The number of thiophene rings is 2. The summed E-state index contributed by atoms with van der Waals surface area (Å²) in [5.41, 5.74) is 9.95. The van der Waals surface area contributed by atoms with Crippen LogP contribution >= 0.6 is 22.7 Å². The Balaban J connectivity index is 1.44. The van der Waals surface area contributed by atoms with Crippen LogP contribution in [0.1, 0.15) is 5.56 Å². The third-order valence-electron chi connectivity index (χ3n) is 8.94. The Morgan fingerprint density at radius 1 is 0.391 bits per heavy atom. The van der Waals surface area contributed by atoms with Crippen LogP contribution in [0.4, 0.5) is 0 Å². The largest absolute Gasteiger partial charge is 0.192 e. The van der Waals surface area contributed by atoms with Gasteiger partial charge in [0.05, 0.1) is 11.6 Å². The molecule has 0 saturated heterocycles. The molecule has 0 saturated carbocycles. The highest BCUT2D eigenvalue weighted by Gasteiger charge is 2.23. The van der Waals surface area contributed by atoms with E-state index in [0.717, 1.165) is 16.7 Å². The van der Waals surface area contributed by atoms with E-state index in [1.807, 2.05) is 40.9 Å². The number of rotatable bonds is 4. The van der Waals surface area contributed by atoms with Gasteiger partial charge >= 0.3 is 0 Å². The van der Waals surface area contributed by atoms with Crippen molar-refractivity contribution in [1.82, 2.24) is 0 Å². The van der Waals surface area contributed by atoms with Gasteiger partial charge in [-0.3, -0.25) is 0 Å². The van der Waals surface area contributed by atoms with Gasteiger partial charge in [-0.05, 0) is 57.6 Å². The van der Waals surface area contributed by atoms with Gasteiger partial charge in [-0.1, -0.05) is 127 Å². The third kappa shape index (κ3) is 4.19. The Hall–Kier alpha value is -5.53. The molecule has 0 radical (unpaired) electrons. The summed E-state index contributed by atoms with van der Waals surface area (Å²) in [5.74, 6) is 0. The van der Waals surface area contributed by atoms with Crippen molar-refractivity contribution >= 4 is 63.0 Å². The topological polar surface area (TPSA) is 23.8 Å². The lowest BCUT2D eigenvalue weighted by Crippen LogP contribution is -1.95. The molecule has 0 N–H and O–H groups in total. The minimum Gasteiger partial charge on any atom is -0.192 e. The van der Waals surface area contributed by atoms with Gasteiger partial charge in [-0.25, -0.2) is 0 Å². The average molecular weight is 620 g/mol. The normalized spacial score (nSPS) is 11.5. The zero-order valence-corrected chi connectivity index (χ0v) is 26.3. The number of nitriles is 1. The maximum atomic E-state index is 9.98. The number of hydrogen-bond acceptors (Lipinski definition) is 3. The van der Waals surface area contributed by atoms with Crippen LogP contribution in [0.5, 0.6) is 0 Å². The molecule has 0 aliphatic rings. The van der Waals surface area contributed by atoms with Gasteiger partial charge in [0, 0.05) is 51.5 Å². The summed E-state index contributed by atoms with van der Waals surface area (Å²) < 4.78 is 5.15. The smallest absolute Gasteiger partial charge is 0.0991 e. The fourth-order valence-electron chi connectivity index (χ4n) is 6.92. The lowest BCUT2D eigenvalue weighted by molar-refractivity contribution is 1.48. The zero-order chi connectivity index (χ0) is 30.6. The first kappa shape index (κ1) is 26.8. The minimum atomic E-state index is 0.652. The highest BCUT2D eigenvalue weighted by Crippen LogP contribution is 2.50. The van der Waals surface area contributed by atoms with Crippen molar-refractivity contribution < 1.29 is 0 Å². The van der Waals surface area contributed by atoms with Gasteiger partial charge in [-0.2, -0.15) is 5.26 Å². The number of nitrogens with zero attached hydrogens (tertiary/aromatic N) is 1. The van der Waals surface area contributed by atoms with Crippen molar-refractivity contribution in [3.05, 3.63) is 157 Å². The summed E-state index contributed by atoms with van der Waals surface area (Å²) in [5, 5.41) is 15.1. The molecule has 0 amide bonds. The van der Waals surface area contributed by atoms with Crippen LogP contribution in [-0.4, -0.2) is 0 Å². The van der Waals surface area contributed by atoms with E-state index in [0.29, 0.717) is 5.56 Å². The lowest BCUT2D eigenvalue weighted by atomic mass is 9.82. The predicted molar refractivity (Wildman–Crippen MR) is 199 cm³/mol. The number of fused-ring (bicyclic) bond motifs is 6. The highest BCUT2D eigenvalue weighted by atomic mass is 32.1. The molecule has 9 rings (SSSR count). The molecule has 0 atom stereocenters. The van der Waals surface area contributed by atoms with Crippen molar-refractivity contribution in [2.75, 3.05) is 0 Å². The molecule has 0 fully saturated rings. The Labute approximate surface area is 274 Å². The van der Waals surface area contributed by atoms with Gasteiger partial charge in [-0.15, -0.1) is 22.7 Å². The molecular formula is C43H25NS2. The van der Waals surface area contributed by atoms with E-state index in [2.05, 4.69) is 140 Å². The summed E-state index contributed by atoms with van der Waals surface area (Å²) in [6, 6.07) is 56.6. The molecule has 0 bridgehead atoms. The molecule has 46 heavy (non-hydrogen) atoms. The van der Waals surface area contributed by atoms with Gasteiger partial charge < -0.3 is 0 Å². The molecule has 9 aromatic rings. The molecule has 0 unspecified atom stereocenters. The Morgan fingerprint density at radius 2 is 0.870 bits per heavy atom. The van der Waals surface area contributed by atoms with E-state index < -0.39 is 0 Å². The molecule has 0 aliphatic heterocycles. The summed E-state index contributed by atoms with van der Waals surface area (Å²) in [6.07, 6.45) is 0. The van der Waals surface area contributed by atoms with Gasteiger partial charge in [0.2, 0.25) is 0 Å². The monoisotopic (exact) mass is 619 g/mol. The maximum Gasteiger partial charge on any atom is 0.0991 e. The first-order valence-corrected chi connectivity index (χ1v) is 17.0. The number of benzene rings is 7. The van der Waals surface area contributed by atoms with E-state index in [9.17, 15) is 5.26 Å². The SMILES string of the molecule is N#Cc1cccc(-c2c(-c3cccc4c3sc3ccccc34)ccc(-c3cccc4c3sc3ccccc34)c2-c2ccccc2)c1. The second kappa shape index (κ2) is 10.8. The molecule has 0 aliphatic carbocycles. The van der Waals surface area contributed by atoms with E-state index in [-0.39, 0.29) is 0 Å². The van der Waals surface area contributed by atoms with Crippen LogP contribution < -0.4 is 0 Å². The van der Waals surface area contributed by atoms with Crippen molar-refractivity contribution in [2.24, 2.45) is 0 Å². The first-order chi connectivity index (χ1) is 22.8. The van der Waals surface area contributed by atoms with Crippen molar-refractivity contribution in [2.45, 2.75) is 0 Å². The fourth-order valence-corrected chi connectivity index (χ4v) is 9.38. The molecule has 3 heteroatoms. The zero-order valence-electron chi connectivity index (χ0n) is 24.7.